The van der Waals surface area contributed by atoms with Crippen molar-refractivity contribution in [1.82, 2.24) is 20.4 Å². The van der Waals surface area contributed by atoms with Crippen LogP contribution in [0.15, 0.2) is 47.7 Å². The predicted octanol–water partition coefficient (Wildman–Crippen LogP) is 1.96. The normalized spacial score (nSPS) is 12.9. The van der Waals surface area contributed by atoms with Gasteiger partial charge in [-0.3, -0.25) is 9.67 Å². The Hall–Kier alpha value is -2.54. The topological polar surface area (TPSA) is 83.7 Å². The van der Waals surface area contributed by atoms with Crippen LogP contribution < -0.4 is 15.4 Å². The molecule has 2 rings (SSSR count). The van der Waals surface area contributed by atoms with Gasteiger partial charge in [0.1, 0.15) is 5.75 Å². The van der Waals surface area contributed by atoms with E-state index in [0.717, 1.165) is 24.4 Å². The molecule has 1 heterocycles. The van der Waals surface area contributed by atoms with Crippen molar-refractivity contribution >= 4 is 5.96 Å². The van der Waals surface area contributed by atoms with Gasteiger partial charge in [0.25, 0.3) is 0 Å². The molecule has 142 valence electrons. The predicted molar refractivity (Wildman–Crippen MR) is 103 cm³/mol. The smallest absolute Gasteiger partial charge is 0.191 e. The van der Waals surface area contributed by atoms with Gasteiger partial charge in [-0.25, -0.2) is 0 Å². The number of ether oxygens (including phenoxy) is 1. The summed E-state index contributed by atoms with van der Waals surface area (Å²) in [5, 5.41) is 21.0. The molecule has 2 aromatic rings. The fourth-order valence-corrected chi connectivity index (χ4v) is 2.41. The van der Waals surface area contributed by atoms with Crippen LogP contribution in [0.1, 0.15) is 32.4 Å². The first kappa shape index (κ1) is 19.8. The van der Waals surface area contributed by atoms with Crippen LogP contribution in [0.25, 0.3) is 0 Å². The van der Waals surface area contributed by atoms with E-state index < -0.39 is 6.10 Å². The number of aliphatic imine (C=N–C) groups is 1. The molecule has 3 N–H and O–H groups in total. The Balaban J connectivity index is 1.90. The summed E-state index contributed by atoms with van der Waals surface area (Å²) in [4.78, 5) is 4.47. The molecular weight excluding hydrogens is 330 g/mol. The van der Waals surface area contributed by atoms with Gasteiger partial charge in [0.05, 0.1) is 25.3 Å². The van der Waals surface area contributed by atoms with Crippen LogP contribution in [-0.2, 0) is 6.54 Å². The first-order chi connectivity index (χ1) is 12.6. The highest BCUT2D eigenvalue weighted by Gasteiger charge is 2.09. The van der Waals surface area contributed by atoms with Crippen molar-refractivity contribution in [3.8, 4) is 5.75 Å². The molecule has 0 aliphatic carbocycles. The minimum Gasteiger partial charge on any atom is -0.491 e. The maximum Gasteiger partial charge on any atom is 0.191 e. The summed E-state index contributed by atoms with van der Waals surface area (Å²) in [6, 6.07) is 9.41. The van der Waals surface area contributed by atoms with Crippen LogP contribution in [0.2, 0.25) is 0 Å². The second kappa shape index (κ2) is 10.5. The number of rotatable bonds is 9. The molecular formula is C19H29N5O2. The summed E-state index contributed by atoms with van der Waals surface area (Å²) in [5.74, 6) is 1.43. The molecule has 0 fully saturated rings. The molecule has 1 unspecified atom stereocenters. The molecule has 0 saturated heterocycles. The number of aliphatic hydroxyl groups is 1. The monoisotopic (exact) mass is 359 g/mol. The van der Waals surface area contributed by atoms with Crippen LogP contribution in [-0.4, -0.2) is 46.6 Å². The first-order valence-electron chi connectivity index (χ1n) is 9.02. The lowest BCUT2D eigenvalue weighted by atomic mass is 10.1. The van der Waals surface area contributed by atoms with Gasteiger partial charge in [-0.05, 0) is 44.5 Å². The van der Waals surface area contributed by atoms with Crippen LogP contribution in [0.5, 0.6) is 5.75 Å². The molecule has 0 aliphatic rings. The van der Waals surface area contributed by atoms with Crippen molar-refractivity contribution < 1.29 is 9.84 Å². The van der Waals surface area contributed by atoms with Crippen molar-refractivity contribution in [2.24, 2.45) is 4.99 Å². The Morgan fingerprint density at radius 2 is 2.15 bits per heavy atom. The number of aromatic nitrogens is 2. The van der Waals surface area contributed by atoms with Gasteiger partial charge in [0.2, 0.25) is 0 Å². The second-order valence-corrected chi connectivity index (χ2v) is 6.17. The quantitative estimate of drug-likeness (QED) is 0.471. The fourth-order valence-electron chi connectivity index (χ4n) is 2.41. The number of guanidine groups is 1. The van der Waals surface area contributed by atoms with E-state index in [1.165, 1.54) is 0 Å². The van der Waals surface area contributed by atoms with Crippen LogP contribution in [0.4, 0.5) is 0 Å². The zero-order valence-electron chi connectivity index (χ0n) is 15.7. The largest absolute Gasteiger partial charge is 0.491 e. The number of hydrogen-bond donors (Lipinski definition) is 3. The molecule has 26 heavy (non-hydrogen) atoms. The molecule has 0 amide bonds. The van der Waals surface area contributed by atoms with Crippen LogP contribution >= 0.6 is 0 Å². The van der Waals surface area contributed by atoms with Gasteiger partial charge >= 0.3 is 0 Å². The van der Waals surface area contributed by atoms with E-state index in [1.54, 1.807) is 6.20 Å². The van der Waals surface area contributed by atoms with Crippen molar-refractivity contribution in [1.29, 1.82) is 0 Å². The highest BCUT2D eigenvalue weighted by molar-refractivity contribution is 5.79. The Morgan fingerprint density at radius 3 is 2.85 bits per heavy atom. The molecule has 0 bridgehead atoms. The number of nitrogens with one attached hydrogen (secondary N) is 2. The molecule has 1 aromatic heterocycles. The third-order valence-corrected chi connectivity index (χ3v) is 3.57. The van der Waals surface area contributed by atoms with E-state index >= 15 is 0 Å². The zero-order chi connectivity index (χ0) is 18.8. The molecule has 0 spiro atoms. The SMILES string of the molecule is CCNC(=NCC(O)c1cccc(OC(C)C)c1)NCCn1cccn1. The van der Waals surface area contributed by atoms with E-state index in [4.69, 9.17) is 4.74 Å². The van der Waals surface area contributed by atoms with Gasteiger partial charge < -0.3 is 20.5 Å². The number of hydrogen-bond acceptors (Lipinski definition) is 4. The molecule has 7 nitrogen and oxygen atoms in total. The third kappa shape index (κ3) is 6.76. The van der Waals surface area contributed by atoms with E-state index in [-0.39, 0.29) is 12.6 Å². The van der Waals surface area contributed by atoms with Crippen molar-refractivity contribution in [2.45, 2.75) is 39.5 Å². The van der Waals surface area contributed by atoms with Crippen molar-refractivity contribution in [3.63, 3.8) is 0 Å². The Bertz CT molecular complexity index is 670. The van der Waals surface area contributed by atoms with Gasteiger partial charge in [0, 0.05) is 25.5 Å². The first-order valence-corrected chi connectivity index (χ1v) is 9.02. The lowest BCUT2D eigenvalue weighted by Gasteiger charge is -2.15. The Kier molecular flexibility index (Phi) is 7.95. The molecule has 0 saturated carbocycles. The summed E-state index contributed by atoms with van der Waals surface area (Å²) in [7, 11) is 0. The van der Waals surface area contributed by atoms with E-state index in [0.29, 0.717) is 12.5 Å². The molecule has 0 aliphatic heterocycles. The summed E-state index contributed by atoms with van der Waals surface area (Å²) in [5.41, 5.74) is 0.791. The Morgan fingerprint density at radius 1 is 1.31 bits per heavy atom. The summed E-state index contributed by atoms with van der Waals surface area (Å²) in [6.45, 7) is 8.42. The van der Waals surface area contributed by atoms with Gasteiger partial charge in [-0.15, -0.1) is 0 Å². The van der Waals surface area contributed by atoms with E-state index in [9.17, 15) is 5.11 Å². The van der Waals surface area contributed by atoms with Crippen molar-refractivity contribution in [2.75, 3.05) is 19.6 Å². The van der Waals surface area contributed by atoms with E-state index in [2.05, 4.69) is 20.7 Å². The molecule has 0 radical (unpaired) electrons. The highest BCUT2D eigenvalue weighted by atomic mass is 16.5. The van der Waals surface area contributed by atoms with Gasteiger partial charge in [-0.1, -0.05) is 12.1 Å². The highest BCUT2D eigenvalue weighted by Crippen LogP contribution is 2.20. The number of benzene rings is 1. The second-order valence-electron chi connectivity index (χ2n) is 6.17. The maximum absolute atomic E-state index is 10.4. The summed E-state index contributed by atoms with van der Waals surface area (Å²) in [6.07, 6.45) is 3.08. The number of aliphatic hydroxyl groups excluding tert-OH is 1. The standard InChI is InChI=1S/C19H29N5O2/c1-4-20-19(21-10-12-24-11-6-9-23-24)22-14-18(25)16-7-5-8-17(13-16)26-15(2)3/h5-9,11,13,15,18,25H,4,10,12,14H2,1-3H3,(H2,20,21,22). The Labute approximate surface area is 155 Å². The minimum absolute atomic E-state index is 0.0970. The summed E-state index contributed by atoms with van der Waals surface area (Å²) >= 11 is 0. The summed E-state index contributed by atoms with van der Waals surface area (Å²) < 4.78 is 7.53. The zero-order valence-corrected chi connectivity index (χ0v) is 15.7. The van der Waals surface area contributed by atoms with E-state index in [1.807, 2.05) is 62.0 Å². The average molecular weight is 359 g/mol. The fraction of sp³-hybridized carbons (Fsp3) is 0.474. The van der Waals surface area contributed by atoms with Gasteiger partial charge in [-0.2, -0.15) is 5.10 Å². The molecule has 7 heteroatoms. The lowest BCUT2D eigenvalue weighted by molar-refractivity contribution is 0.185. The average Bonchev–Trinajstić information content (AvgIpc) is 3.12. The molecule has 1 atom stereocenters. The maximum atomic E-state index is 10.4. The third-order valence-electron chi connectivity index (χ3n) is 3.57. The molecule has 1 aromatic carbocycles. The number of nitrogens with zero attached hydrogens (tertiary/aromatic N) is 3. The van der Waals surface area contributed by atoms with Gasteiger partial charge in [0.15, 0.2) is 5.96 Å². The van der Waals surface area contributed by atoms with Crippen LogP contribution in [0.3, 0.4) is 0 Å². The van der Waals surface area contributed by atoms with Crippen molar-refractivity contribution in [3.05, 3.63) is 48.3 Å². The lowest BCUT2D eigenvalue weighted by Crippen LogP contribution is -2.39. The minimum atomic E-state index is -0.688. The van der Waals surface area contributed by atoms with Crippen LogP contribution in [0, 0.1) is 0 Å².